The summed E-state index contributed by atoms with van der Waals surface area (Å²) < 4.78 is 29.0. The fraction of sp³-hybridized carbons (Fsp3) is 0.469. The molecule has 3 N–H and O–H groups in total. The lowest BCUT2D eigenvalue weighted by Crippen LogP contribution is -2.35. The zero-order valence-electron chi connectivity index (χ0n) is 28.2. The molecule has 0 spiro atoms. The van der Waals surface area contributed by atoms with Crippen molar-refractivity contribution in [3.63, 3.8) is 0 Å². The number of hydrogen-bond acceptors (Lipinski definition) is 12. The molecule has 2 aliphatic rings. The van der Waals surface area contributed by atoms with Gasteiger partial charge in [-0.15, -0.1) is 4.52 Å². The van der Waals surface area contributed by atoms with Crippen LogP contribution in [-0.2, 0) is 39.5 Å². The van der Waals surface area contributed by atoms with Crippen LogP contribution in [0, 0.1) is 11.8 Å². The highest BCUT2D eigenvalue weighted by Gasteiger charge is 2.29. The van der Waals surface area contributed by atoms with Crippen LogP contribution in [0.25, 0.3) is 0 Å². The van der Waals surface area contributed by atoms with Gasteiger partial charge in [0.05, 0.1) is 26.0 Å². The molecule has 0 heterocycles. The van der Waals surface area contributed by atoms with Crippen molar-refractivity contribution in [3.05, 3.63) is 84.0 Å². The van der Waals surface area contributed by atoms with E-state index >= 15 is 0 Å². The van der Waals surface area contributed by atoms with Crippen LogP contribution in [0.1, 0.15) is 36.8 Å². The van der Waals surface area contributed by atoms with E-state index in [4.69, 9.17) is 41.9 Å². The minimum atomic E-state index is -1.31. The first-order valence-electron chi connectivity index (χ1n) is 16.0. The van der Waals surface area contributed by atoms with E-state index in [2.05, 4.69) is 52.5 Å². The Kier molecular flexibility index (Phi) is 17.4. The van der Waals surface area contributed by atoms with E-state index in [1.807, 2.05) is 60.1 Å². The summed E-state index contributed by atoms with van der Waals surface area (Å²) in [6.07, 6.45) is 14.8. The summed E-state index contributed by atoms with van der Waals surface area (Å²) in [6.45, 7) is 1.60. The van der Waals surface area contributed by atoms with Gasteiger partial charge in [-0.3, -0.25) is 4.52 Å². The molecule has 0 aromatic heterocycles. The van der Waals surface area contributed by atoms with E-state index in [9.17, 15) is 5.11 Å². The van der Waals surface area contributed by atoms with Crippen LogP contribution >= 0.6 is 33.9 Å². The minimum absolute atomic E-state index is 0.00760. The molecule has 17 heteroatoms. The number of ether oxygens (including phenoxy) is 1. The van der Waals surface area contributed by atoms with Crippen molar-refractivity contribution >= 4 is 63.7 Å². The zero-order chi connectivity index (χ0) is 35.2. The Balaban J connectivity index is 1.12. The molecule has 0 saturated heterocycles. The fourth-order valence-corrected chi connectivity index (χ4v) is 8.19. The molecule has 0 aliphatic heterocycles. The van der Waals surface area contributed by atoms with Crippen molar-refractivity contribution in [2.75, 3.05) is 41.3 Å². The lowest BCUT2D eigenvalue weighted by Gasteiger charge is -2.23. The predicted molar refractivity (Wildman–Crippen MR) is 211 cm³/mol. The third-order valence-corrected chi connectivity index (χ3v) is 14.0. The number of nitrogens with zero attached hydrogens (tertiary/aromatic N) is 4. The third-order valence-electron chi connectivity index (χ3n) is 8.00. The highest BCUT2D eigenvalue weighted by atomic mass is 32.7. The van der Waals surface area contributed by atoms with Crippen molar-refractivity contribution in [3.8, 4) is 11.5 Å². The lowest BCUT2D eigenvalue weighted by molar-refractivity contribution is 0.121. The summed E-state index contributed by atoms with van der Waals surface area (Å²) in [5.41, 5.74) is 8.57. The van der Waals surface area contributed by atoms with Crippen molar-refractivity contribution < 1.29 is 23.4 Å². The van der Waals surface area contributed by atoms with E-state index in [1.165, 1.54) is 0 Å². The third kappa shape index (κ3) is 13.9. The number of hydrazone groups is 1. The number of thiol groups is 1. The molecular weight excluding hydrogens is 738 g/mol. The number of benzene rings is 2. The van der Waals surface area contributed by atoms with Gasteiger partial charge in [-0.25, -0.2) is 15.6 Å². The summed E-state index contributed by atoms with van der Waals surface area (Å²) in [4.78, 5) is 0. The highest BCUT2D eigenvalue weighted by Crippen LogP contribution is 2.45. The maximum atomic E-state index is 9.20. The molecule has 0 fully saturated rings. The average Bonchev–Trinajstić information content (AvgIpc) is 3.13. The van der Waals surface area contributed by atoms with E-state index in [1.54, 1.807) is 37.3 Å². The van der Waals surface area contributed by atoms with Gasteiger partial charge in [0, 0.05) is 34.3 Å². The quantitative estimate of drug-likeness (QED) is 0.0396. The number of aliphatic hydroxyl groups is 1. The van der Waals surface area contributed by atoms with Gasteiger partial charge in [0.2, 0.25) is 23.6 Å². The first kappa shape index (κ1) is 40.3. The molecular formula is C32H47N6O5P3S3+2. The van der Waals surface area contributed by atoms with Crippen LogP contribution in [0.3, 0.4) is 0 Å². The molecule has 266 valence electrons. The SMILES string of the molecule is COC1C=CC(CNN(C)[P+](=S)OC2C=CC(CNN(C)[P+](=S)Oc3ccc(/C=N\N(C)P(S)Oc4ccc(CO)cc4)cc3)CC2)CC1. The summed E-state index contributed by atoms with van der Waals surface area (Å²) in [7, 11) is 3.70. The number of methoxy groups -OCH3 is 1. The monoisotopic (exact) mass is 784 g/mol. The van der Waals surface area contributed by atoms with E-state index in [-0.39, 0.29) is 18.8 Å². The van der Waals surface area contributed by atoms with Gasteiger partial charge in [-0.05, 0) is 94.6 Å². The molecule has 2 aliphatic carbocycles. The molecule has 0 amide bonds. The first-order valence-corrected chi connectivity index (χ1v) is 22.8. The van der Waals surface area contributed by atoms with Gasteiger partial charge in [-0.1, -0.05) is 48.7 Å². The zero-order valence-corrected chi connectivity index (χ0v) is 33.4. The average molecular weight is 785 g/mol. The Labute approximate surface area is 309 Å². The largest absolute Gasteiger partial charge is 0.507 e. The number of hydrazine groups is 2. The number of aliphatic hydroxyl groups excluding tert-OH is 1. The molecule has 11 nitrogen and oxygen atoms in total. The van der Waals surface area contributed by atoms with Crippen molar-refractivity contribution in [2.24, 2.45) is 16.9 Å². The van der Waals surface area contributed by atoms with E-state index in [0.717, 1.165) is 49.9 Å². The molecule has 0 saturated carbocycles. The summed E-state index contributed by atoms with van der Waals surface area (Å²) in [5, 5.41) is 13.7. The van der Waals surface area contributed by atoms with Gasteiger partial charge in [0.15, 0.2) is 5.75 Å². The summed E-state index contributed by atoms with van der Waals surface area (Å²) >= 11 is 15.9. The minimum Gasteiger partial charge on any atom is -0.443 e. The molecule has 49 heavy (non-hydrogen) atoms. The fourth-order valence-electron chi connectivity index (χ4n) is 4.90. The van der Waals surface area contributed by atoms with Crippen LogP contribution in [0.2, 0.25) is 0 Å². The standard InChI is InChI=1S/C32H47N6O5P3S3/c1-36(33-21-25-5-13-29(40-4)14-6-25)44(47)41-30-15-7-26(8-16-30)22-34-37(2)45(48)42-31-17-9-27(10-18-31)23-35-38(3)46(49)43-32-19-11-28(24-39)12-20-32/h5,7,9-13,15,17-20,23,25-26,29-30,33-34,39,49H,6,8,14,16,21-22,24H2,1-4H3/q+2/b35-23-. The Hall–Kier alpha value is -1.47. The van der Waals surface area contributed by atoms with Crippen LogP contribution < -0.4 is 19.9 Å². The van der Waals surface area contributed by atoms with Crippen LogP contribution in [0.4, 0.5) is 0 Å². The van der Waals surface area contributed by atoms with Crippen molar-refractivity contribution in [1.82, 2.24) is 25.2 Å². The van der Waals surface area contributed by atoms with E-state index in [0.29, 0.717) is 23.3 Å². The molecule has 0 bridgehead atoms. The van der Waals surface area contributed by atoms with Crippen molar-refractivity contribution in [1.29, 1.82) is 0 Å². The number of nitrogens with one attached hydrogen (secondary N) is 2. The molecule has 2 aromatic carbocycles. The molecule has 2 aromatic rings. The number of hydrogen-bond donors (Lipinski definition) is 4. The Morgan fingerprint density at radius 3 is 1.98 bits per heavy atom. The first-order chi connectivity index (χ1) is 23.6. The van der Waals surface area contributed by atoms with Crippen LogP contribution in [0.5, 0.6) is 11.5 Å². The lowest BCUT2D eigenvalue weighted by atomic mass is 9.94. The van der Waals surface area contributed by atoms with Crippen LogP contribution in [0.15, 0.2) is 77.9 Å². The second-order valence-corrected chi connectivity index (χ2v) is 18.4. The second-order valence-electron chi connectivity index (χ2n) is 11.7. The molecule has 7 atom stereocenters. The maximum absolute atomic E-state index is 9.20. The molecule has 7 unspecified atom stereocenters. The Bertz CT molecular complexity index is 1440. The van der Waals surface area contributed by atoms with Crippen LogP contribution in [-0.4, -0.2) is 79.2 Å². The molecule has 4 rings (SSSR count). The normalized spacial score (nSPS) is 22.0. The summed E-state index contributed by atoms with van der Waals surface area (Å²) in [5.74, 6) is 2.21. The maximum Gasteiger partial charge on any atom is 0.507 e. The highest BCUT2D eigenvalue weighted by molar-refractivity contribution is 8.42. The Morgan fingerprint density at radius 2 is 1.43 bits per heavy atom. The van der Waals surface area contributed by atoms with Gasteiger partial charge in [-0.2, -0.15) is 5.10 Å². The number of rotatable bonds is 19. The van der Waals surface area contributed by atoms with Gasteiger partial charge < -0.3 is 14.4 Å². The summed E-state index contributed by atoms with van der Waals surface area (Å²) in [6, 6.07) is 14.8. The predicted octanol–water partition coefficient (Wildman–Crippen LogP) is 6.81. The smallest absolute Gasteiger partial charge is 0.443 e. The van der Waals surface area contributed by atoms with E-state index < -0.39 is 21.7 Å². The van der Waals surface area contributed by atoms with Crippen molar-refractivity contribution in [2.45, 2.75) is 44.5 Å². The van der Waals surface area contributed by atoms with Gasteiger partial charge in [0.1, 0.15) is 11.9 Å². The van der Waals surface area contributed by atoms with Gasteiger partial charge >= 0.3 is 14.1 Å². The molecule has 0 radical (unpaired) electrons. The Morgan fingerprint density at radius 1 is 0.857 bits per heavy atom. The topological polar surface area (TPSA) is 103 Å². The van der Waals surface area contributed by atoms with Gasteiger partial charge in [0.25, 0.3) is 7.50 Å². The second kappa shape index (κ2) is 21.2.